The van der Waals surface area contributed by atoms with E-state index in [0.29, 0.717) is 39.1 Å². The monoisotopic (exact) mass is 527 g/mol. The fourth-order valence-electron chi connectivity index (χ4n) is 5.56. The van der Waals surface area contributed by atoms with E-state index in [1.165, 1.54) is 12.8 Å². The van der Waals surface area contributed by atoms with Gasteiger partial charge in [0, 0.05) is 42.3 Å². The van der Waals surface area contributed by atoms with E-state index in [0.717, 1.165) is 44.0 Å². The lowest BCUT2D eigenvalue weighted by atomic mass is 9.80. The Morgan fingerprint density at radius 2 is 2.00 bits per heavy atom. The van der Waals surface area contributed by atoms with E-state index in [2.05, 4.69) is 32.9 Å². The van der Waals surface area contributed by atoms with E-state index in [-0.39, 0.29) is 18.3 Å². The third kappa shape index (κ3) is 4.78. The van der Waals surface area contributed by atoms with Crippen molar-refractivity contribution in [2.24, 2.45) is 11.8 Å². The summed E-state index contributed by atoms with van der Waals surface area (Å²) in [6, 6.07) is 7.70. The first kappa shape index (κ1) is 25.2. The third-order valence-electron chi connectivity index (χ3n) is 7.84. The number of halogens is 2. The Labute approximate surface area is 221 Å². The molecule has 0 radical (unpaired) electrons. The van der Waals surface area contributed by atoms with E-state index >= 15 is 0 Å². The number of hydrogen-bond acceptors (Lipinski definition) is 7. The van der Waals surface area contributed by atoms with Gasteiger partial charge in [-0.1, -0.05) is 29.3 Å². The van der Waals surface area contributed by atoms with Crippen LogP contribution >= 0.6 is 23.2 Å². The number of aliphatic hydroxyl groups excluding tert-OH is 1. The second-order valence-corrected chi connectivity index (χ2v) is 10.9. The molecule has 8 nitrogen and oxygen atoms in total. The minimum absolute atomic E-state index is 0.244. The molecule has 0 saturated carbocycles. The molecule has 3 atom stereocenters. The maximum absolute atomic E-state index is 9.64. The lowest BCUT2D eigenvalue weighted by Gasteiger charge is -2.48. The molecule has 3 aromatic rings. The molecular formula is C26H31Cl2N7O. The minimum Gasteiger partial charge on any atom is -0.396 e. The second-order valence-electron chi connectivity index (χ2n) is 10.1. The molecule has 10 heteroatoms. The molecule has 36 heavy (non-hydrogen) atoms. The van der Waals surface area contributed by atoms with Crippen LogP contribution in [-0.4, -0.2) is 68.6 Å². The Kier molecular flexibility index (Phi) is 7.36. The average Bonchev–Trinajstić information content (AvgIpc) is 3.21. The Morgan fingerprint density at radius 1 is 1.19 bits per heavy atom. The highest BCUT2D eigenvalue weighted by molar-refractivity contribution is 6.35. The van der Waals surface area contributed by atoms with Crippen molar-refractivity contribution in [1.82, 2.24) is 24.6 Å². The van der Waals surface area contributed by atoms with Crippen molar-refractivity contribution >= 4 is 40.2 Å². The van der Waals surface area contributed by atoms with Gasteiger partial charge >= 0.3 is 0 Å². The van der Waals surface area contributed by atoms with Crippen molar-refractivity contribution in [3.63, 3.8) is 0 Å². The van der Waals surface area contributed by atoms with Gasteiger partial charge in [0.1, 0.15) is 17.4 Å². The standard InChI is InChI=1S/C26H31Cl2N7O/c1-16(7-9-36)33-8-3-4-18(13-33)19-14-34(15-19)24-12-30-25-23(11-29)32-35(26(25)31-24)17(2)21-6-5-20(27)10-22(21)28/h5-6,10,12,16-19,36H,3-4,7-9,13-15H2,1-2H3/t16-,17+,18-/m0/s1. The molecular weight excluding hydrogens is 497 g/mol. The van der Waals surface area contributed by atoms with Crippen LogP contribution in [0.1, 0.15) is 50.4 Å². The van der Waals surface area contributed by atoms with E-state index in [1.54, 1.807) is 23.0 Å². The first-order valence-corrected chi connectivity index (χ1v) is 13.3. The van der Waals surface area contributed by atoms with E-state index in [4.69, 9.17) is 28.2 Å². The summed E-state index contributed by atoms with van der Waals surface area (Å²) in [5, 5.41) is 24.6. The Hall–Kier alpha value is -2.44. The molecule has 0 bridgehead atoms. The van der Waals surface area contributed by atoms with Crippen LogP contribution in [0, 0.1) is 23.2 Å². The highest BCUT2D eigenvalue weighted by Gasteiger charge is 2.37. The number of aliphatic hydroxyl groups is 1. The summed E-state index contributed by atoms with van der Waals surface area (Å²) in [5.74, 6) is 2.09. The quantitative estimate of drug-likeness (QED) is 0.482. The van der Waals surface area contributed by atoms with Crippen LogP contribution < -0.4 is 4.90 Å². The smallest absolute Gasteiger partial charge is 0.190 e. The summed E-state index contributed by atoms with van der Waals surface area (Å²) < 4.78 is 1.73. The maximum Gasteiger partial charge on any atom is 0.190 e. The Bertz CT molecular complexity index is 1280. The largest absolute Gasteiger partial charge is 0.396 e. The number of nitriles is 1. The van der Waals surface area contributed by atoms with Gasteiger partial charge < -0.3 is 14.9 Å². The zero-order valence-corrected chi connectivity index (χ0v) is 22.1. The van der Waals surface area contributed by atoms with Crippen LogP contribution in [0.25, 0.3) is 11.2 Å². The first-order chi connectivity index (χ1) is 17.4. The number of likely N-dealkylation sites (tertiary alicyclic amines) is 1. The Morgan fingerprint density at radius 3 is 2.72 bits per heavy atom. The number of nitrogens with zero attached hydrogens (tertiary/aromatic N) is 7. The predicted octanol–water partition coefficient (Wildman–Crippen LogP) is 4.53. The predicted molar refractivity (Wildman–Crippen MR) is 141 cm³/mol. The molecule has 2 aromatic heterocycles. The van der Waals surface area contributed by atoms with E-state index < -0.39 is 0 Å². The summed E-state index contributed by atoms with van der Waals surface area (Å²) in [5.41, 5.74) is 2.17. The SMILES string of the molecule is C[C@H](c1ccc(Cl)cc1Cl)n1nc(C#N)c2ncc(N3CC([C@H]4CCCN([C@@H](C)CCO)C4)C3)nc21. The van der Waals surface area contributed by atoms with Crippen LogP contribution in [0.3, 0.4) is 0 Å². The average molecular weight is 528 g/mol. The molecule has 0 unspecified atom stereocenters. The number of hydrogen-bond donors (Lipinski definition) is 1. The molecule has 2 saturated heterocycles. The minimum atomic E-state index is -0.248. The zero-order chi connectivity index (χ0) is 25.4. The molecule has 2 fully saturated rings. The van der Waals surface area contributed by atoms with Gasteiger partial charge in [0.2, 0.25) is 0 Å². The number of piperidine rings is 1. The third-order valence-corrected chi connectivity index (χ3v) is 8.40. The molecule has 0 spiro atoms. The fraction of sp³-hybridized carbons (Fsp3) is 0.538. The lowest BCUT2D eigenvalue weighted by molar-refractivity contribution is 0.0791. The molecule has 1 aromatic carbocycles. The van der Waals surface area contributed by atoms with Crippen molar-refractivity contribution in [2.45, 2.75) is 45.2 Å². The molecule has 5 rings (SSSR count). The number of aromatic nitrogens is 4. The summed E-state index contributed by atoms with van der Waals surface area (Å²) in [6.07, 6.45) is 5.05. The van der Waals surface area contributed by atoms with Crippen molar-refractivity contribution in [2.75, 3.05) is 37.7 Å². The van der Waals surface area contributed by atoms with Crippen LogP contribution in [-0.2, 0) is 0 Å². The second kappa shape index (κ2) is 10.5. The van der Waals surface area contributed by atoms with Gasteiger partial charge in [-0.25, -0.2) is 14.6 Å². The number of benzene rings is 1. The summed E-state index contributed by atoms with van der Waals surface area (Å²) in [6.45, 7) is 8.55. The van der Waals surface area contributed by atoms with Crippen molar-refractivity contribution in [1.29, 1.82) is 5.26 Å². The molecule has 1 N–H and O–H groups in total. The molecule has 0 amide bonds. The highest BCUT2D eigenvalue weighted by Crippen LogP contribution is 2.35. The van der Waals surface area contributed by atoms with Crippen molar-refractivity contribution in [3.8, 4) is 6.07 Å². The summed E-state index contributed by atoms with van der Waals surface area (Å²) in [7, 11) is 0. The molecule has 4 heterocycles. The molecule has 2 aliphatic rings. The van der Waals surface area contributed by atoms with Crippen LogP contribution in [0.5, 0.6) is 0 Å². The van der Waals surface area contributed by atoms with Crippen LogP contribution in [0.4, 0.5) is 5.82 Å². The Balaban J connectivity index is 1.34. The van der Waals surface area contributed by atoms with E-state index in [1.807, 2.05) is 13.0 Å². The maximum atomic E-state index is 9.64. The lowest BCUT2D eigenvalue weighted by Crippen LogP contribution is -2.54. The van der Waals surface area contributed by atoms with Gasteiger partial charge in [-0.3, -0.25) is 0 Å². The molecule has 0 aliphatic carbocycles. The fourth-order valence-corrected chi connectivity index (χ4v) is 6.13. The normalized spacial score (nSPS) is 20.8. The zero-order valence-electron chi connectivity index (χ0n) is 20.6. The van der Waals surface area contributed by atoms with Crippen molar-refractivity contribution in [3.05, 3.63) is 45.7 Å². The molecule has 2 aliphatic heterocycles. The van der Waals surface area contributed by atoms with Crippen molar-refractivity contribution < 1.29 is 5.11 Å². The first-order valence-electron chi connectivity index (χ1n) is 12.6. The number of rotatable bonds is 7. The molecule has 190 valence electrons. The van der Waals surface area contributed by atoms with Crippen LogP contribution in [0.2, 0.25) is 10.0 Å². The topological polar surface area (TPSA) is 94.1 Å². The summed E-state index contributed by atoms with van der Waals surface area (Å²) >= 11 is 12.5. The van der Waals surface area contributed by atoms with Gasteiger partial charge in [-0.2, -0.15) is 10.4 Å². The van der Waals surface area contributed by atoms with Gasteiger partial charge in [-0.15, -0.1) is 0 Å². The van der Waals surface area contributed by atoms with E-state index in [9.17, 15) is 10.4 Å². The van der Waals surface area contributed by atoms with Gasteiger partial charge in [0.15, 0.2) is 11.3 Å². The highest BCUT2D eigenvalue weighted by atomic mass is 35.5. The van der Waals surface area contributed by atoms with Gasteiger partial charge in [0.05, 0.1) is 12.2 Å². The van der Waals surface area contributed by atoms with Gasteiger partial charge in [0.25, 0.3) is 0 Å². The van der Waals surface area contributed by atoms with Crippen LogP contribution in [0.15, 0.2) is 24.4 Å². The van der Waals surface area contributed by atoms with Gasteiger partial charge in [-0.05, 0) is 69.2 Å². The number of anilines is 1. The summed E-state index contributed by atoms with van der Waals surface area (Å²) in [4.78, 5) is 14.3. The number of fused-ring (bicyclic) bond motifs is 1.